The Balaban J connectivity index is 1.84. The molecule has 0 unspecified atom stereocenters. The standard InChI is InChI=1S/C14H15N3O2S/c1-9-12(15-7-6-13(9)18)8-20(19)14-16-10-4-2-3-5-11(10)17-14/h2-6,15,18H,7-8H2,1H3,(H,16,17)/t20-/m1/s1. The lowest BCUT2D eigenvalue weighted by Crippen LogP contribution is -2.26. The Bertz CT molecular complexity index is 672. The van der Waals surface area contributed by atoms with Gasteiger partial charge >= 0.3 is 5.16 Å². The molecule has 5 nitrogen and oxygen atoms in total. The third-order valence-corrected chi connectivity index (χ3v) is 4.48. The number of rotatable bonds is 3. The second kappa shape index (κ2) is 5.22. The molecule has 2 aromatic rings. The number of para-hydroxylation sites is 2. The van der Waals surface area contributed by atoms with Gasteiger partial charge in [-0.25, -0.2) is 0 Å². The number of aromatic nitrogens is 2. The van der Waals surface area contributed by atoms with Gasteiger partial charge in [-0.1, -0.05) is 12.1 Å². The molecule has 104 valence electrons. The van der Waals surface area contributed by atoms with Crippen LogP contribution in [0.15, 0.2) is 52.5 Å². The molecule has 2 heterocycles. The van der Waals surface area contributed by atoms with E-state index in [0.29, 0.717) is 17.5 Å². The van der Waals surface area contributed by atoms with Gasteiger partial charge in [0.2, 0.25) is 0 Å². The fourth-order valence-corrected chi connectivity index (χ4v) is 3.25. The Morgan fingerprint density at radius 2 is 2.20 bits per heavy atom. The normalized spacial score (nSPS) is 17.0. The van der Waals surface area contributed by atoms with Crippen molar-refractivity contribution in [1.82, 2.24) is 15.3 Å². The van der Waals surface area contributed by atoms with Crippen LogP contribution in [0.4, 0.5) is 0 Å². The molecule has 0 bridgehead atoms. The number of fused-ring (bicyclic) bond motifs is 1. The molecule has 1 aromatic carbocycles. The van der Waals surface area contributed by atoms with E-state index in [4.69, 9.17) is 0 Å². The Kier molecular flexibility index (Phi) is 3.42. The van der Waals surface area contributed by atoms with E-state index in [1.807, 2.05) is 31.2 Å². The van der Waals surface area contributed by atoms with Crippen molar-refractivity contribution < 1.29 is 9.66 Å². The zero-order valence-electron chi connectivity index (χ0n) is 11.0. The molecule has 0 radical (unpaired) electrons. The van der Waals surface area contributed by atoms with E-state index in [-0.39, 0.29) is 5.76 Å². The van der Waals surface area contributed by atoms with Crippen molar-refractivity contribution in [3.8, 4) is 0 Å². The fourth-order valence-electron chi connectivity index (χ4n) is 2.11. The molecule has 0 saturated heterocycles. The van der Waals surface area contributed by atoms with Crippen LogP contribution in [0, 0.1) is 0 Å². The van der Waals surface area contributed by atoms with Crippen LogP contribution in [0.2, 0.25) is 0 Å². The Labute approximate surface area is 119 Å². The summed E-state index contributed by atoms with van der Waals surface area (Å²) in [7, 11) is 0. The van der Waals surface area contributed by atoms with Crippen molar-refractivity contribution in [2.75, 3.05) is 12.3 Å². The molecule has 6 heteroatoms. The molecule has 0 fully saturated rings. The number of dihydropyridines is 1. The van der Waals surface area contributed by atoms with Gasteiger partial charge in [-0.15, -0.1) is 0 Å². The molecular weight excluding hydrogens is 274 g/mol. The molecule has 0 spiro atoms. The van der Waals surface area contributed by atoms with Crippen molar-refractivity contribution in [1.29, 1.82) is 0 Å². The number of aliphatic hydroxyl groups excluding tert-OH is 1. The Morgan fingerprint density at radius 3 is 3.00 bits per heavy atom. The first-order valence-corrected chi connectivity index (χ1v) is 7.63. The predicted octanol–water partition coefficient (Wildman–Crippen LogP) is 1.99. The van der Waals surface area contributed by atoms with Crippen LogP contribution in [0.5, 0.6) is 0 Å². The van der Waals surface area contributed by atoms with E-state index in [0.717, 1.165) is 22.3 Å². The third kappa shape index (κ3) is 2.39. The monoisotopic (exact) mass is 289 g/mol. The van der Waals surface area contributed by atoms with E-state index >= 15 is 0 Å². The molecule has 0 amide bonds. The number of nitrogens with zero attached hydrogens (tertiary/aromatic N) is 1. The molecule has 3 rings (SSSR count). The van der Waals surface area contributed by atoms with Crippen molar-refractivity contribution in [3.63, 3.8) is 0 Å². The predicted molar refractivity (Wildman–Crippen MR) is 78.8 cm³/mol. The van der Waals surface area contributed by atoms with E-state index in [1.165, 1.54) is 0 Å². The van der Waals surface area contributed by atoms with Gasteiger partial charge in [-0.2, -0.15) is 4.98 Å². The van der Waals surface area contributed by atoms with Gasteiger partial charge in [0.05, 0.1) is 16.7 Å². The third-order valence-electron chi connectivity index (χ3n) is 3.31. The minimum atomic E-state index is -1.27. The number of aromatic amines is 1. The van der Waals surface area contributed by atoms with Crippen LogP contribution in [0.3, 0.4) is 0 Å². The quantitative estimate of drug-likeness (QED) is 0.754. The number of hydrogen-bond donors (Lipinski definition) is 3. The lowest BCUT2D eigenvalue weighted by molar-refractivity contribution is 0.415. The lowest BCUT2D eigenvalue weighted by atomic mass is 10.1. The van der Waals surface area contributed by atoms with Crippen LogP contribution in [0.25, 0.3) is 11.0 Å². The van der Waals surface area contributed by atoms with E-state index in [1.54, 1.807) is 6.08 Å². The number of aliphatic hydroxyl groups is 1. The topological polar surface area (TPSA) is 84.0 Å². The second-order valence-corrected chi connectivity index (χ2v) is 5.99. The van der Waals surface area contributed by atoms with Crippen LogP contribution in [0.1, 0.15) is 6.92 Å². The lowest BCUT2D eigenvalue weighted by Gasteiger charge is -2.18. The molecular formula is C14H15N3O2S. The molecule has 0 saturated carbocycles. The van der Waals surface area contributed by atoms with Gasteiger partial charge in [-0.3, -0.25) is 4.98 Å². The summed E-state index contributed by atoms with van der Waals surface area (Å²) in [5.41, 5.74) is 3.21. The summed E-state index contributed by atoms with van der Waals surface area (Å²) in [5.74, 6) is 0.559. The van der Waals surface area contributed by atoms with Crippen molar-refractivity contribution in [2.24, 2.45) is 0 Å². The zero-order valence-corrected chi connectivity index (χ0v) is 11.8. The minimum Gasteiger partial charge on any atom is -0.609 e. The van der Waals surface area contributed by atoms with Crippen LogP contribution < -0.4 is 5.32 Å². The van der Waals surface area contributed by atoms with Crippen LogP contribution >= 0.6 is 0 Å². The Hall–Kier alpha value is -1.92. The number of nitrogens with one attached hydrogen (secondary N) is 2. The average Bonchev–Trinajstić information content (AvgIpc) is 2.88. The van der Waals surface area contributed by atoms with Crippen molar-refractivity contribution in [3.05, 3.63) is 47.4 Å². The average molecular weight is 289 g/mol. The highest BCUT2D eigenvalue weighted by molar-refractivity contribution is 7.91. The van der Waals surface area contributed by atoms with Crippen molar-refractivity contribution >= 4 is 22.2 Å². The van der Waals surface area contributed by atoms with Gasteiger partial charge in [0.25, 0.3) is 0 Å². The van der Waals surface area contributed by atoms with E-state index in [2.05, 4.69) is 15.3 Å². The maximum atomic E-state index is 12.4. The summed E-state index contributed by atoms with van der Waals surface area (Å²) < 4.78 is 12.4. The Morgan fingerprint density at radius 1 is 1.40 bits per heavy atom. The summed E-state index contributed by atoms with van der Waals surface area (Å²) in [5, 5.41) is 13.3. The first-order chi connectivity index (χ1) is 9.65. The first-order valence-electron chi connectivity index (χ1n) is 6.31. The molecule has 3 N–H and O–H groups in total. The zero-order chi connectivity index (χ0) is 14.1. The summed E-state index contributed by atoms with van der Waals surface area (Å²) in [6.45, 7) is 2.36. The molecule has 0 aliphatic carbocycles. The SMILES string of the molecule is CC1=C(C[S@@+]([O-])c2nc3ccccc3[nH]2)NCC=C1O. The van der Waals surface area contributed by atoms with E-state index in [9.17, 15) is 9.66 Å². The van der Waals surface area contributed by atoms with Gasteiger partial charge in [0, 0.05) is 23.3 Å². The number of allylic oxidation sites excluding steroid dienone is 1. The number of imidazole rings is 1. The fraction of sp³-hybridized carbons (Fsp3) is 0.214. The minimum absolute atomic E-state index is 0.250. The van der Waals surface area contributed by atoms with Gasteiger partial charge < -0.3 is 15.0 Å². The smallest absolute Gasteiger partial charge is 0.322 e. The van der Waals surface area contributed by atoms with Gasteiger partial charge in [0.15, 0.2) is 5.75 Å². The molecule has 1 aromatic heterocycles. The number of hydrogen-bond acceptors (Lipinski definition) is 4. The maximum Gasteiger partial charge on any atom is 0.322 e. The highest BCUT2D eigenvalue weighted by atomic mass is 32.2. The van der Waals surface area contributed by atoms with E-state index < -0.39 is 11.2 Å². The highest BCUT2D eigenvalue weighted by Gasteiger charge is 2.21. The molecule has 20 heavy (non-hydrogen) atoms. The van der Waals surface area contributed by atoms with Gasteiger partial charge in [0.1, 0.15) is 5.76 Å². The molecule has 1 aliphatic rings. The summed E-state index contributed by atoms with van der Waals surface area (Å²) in [6, 6.07) is 7.59. The molecule has 1 aliphatic heterocycles. The van der Waals surface area contributed by atoms with Gasteiger partial charge in [-0.05, 0) is 25.1 Å². The first kappa shape index (κ1) is 13.1. The number of H-pyrrole nitrogens is 1. The maximum absolute atomic E-state index is 12.4. The summed E-state index contributed by atoms with van der Waals surface area (Å²) in [6.07, 6.45) is 1.70. The summed E-state index contributed by atoms with van der Waals surface area (Å²) >= 11 is -1.27. The second-order valence-electron chi connectivity index (χ2n) is 4.62. The van der Waals surface area contributed by atoms with Crippen molar-refractivity contribution in [2.45, 2.75) is 12.1 Å². The van der Waals surface area contributed by atoms with Crippen LogP contribution in [-0.4, -0.2) is 31.9 Å². The number of benzene rings is 1. The van der Waals surface area contributed by atoms with Crippen LogP contribution in [-0.2, 0) is 11.2 Å². The summed E-state index contributed by atoms with van der Waals surface area (Å²) in [4.78, 5) is 7.41. The molecule has 1 atom stereocenters. The largest absolute Gasteiger partial charge is 0.609 e. The highest BCUT2D eigenvalue weighted by Crippen LogP contribution is 2.20.